The Bertz CT molecular complexity index is 1050. The summed E-state index contributed by atoms with van der Waals surface area (Å²) in [4.78, 5) is 8.57. The lowest BCUT2D eigenvalue weighted by molar-refractivity contribution is 0.576. The SMILES string of the molecule is Cn1cc(Nc2ncc(Cl)c(NCc3cccn3CCNS(C)(=O)=O)n2)cn1. The van der Waals surface area contributed by atoms with Crippen molar-refractivity contribution in [2.75, 3.05) is 23.4 Å². The molecule has 0 bridgehead atoms. The number of anilines is 3. The van der Waals surface area contributed by atoms with Crippen LogP contribution in [0.25, 0.3) is 0 Å². The average Bonchev–Trinajstić information content (AvgIpc) is 3.23. The van der Waals surface area contributed by atoms with Crippen LogP contribution >= 0.6 is 11.6 Å². The molecule has 0 radical (unpaired) electrons. The number of sulfonamides is 1. The van der Waals surface area contributed by atoms with E-state index in [2.05, 4.69) is 30.4 Å². The Labute approximate surface area is 168 Å². The molecule has 0 aromatic carbocycles. The van der Waals surface area contributed by atoms with Crippen LogP contribution in [-0.4, -0.2) is 45.5 Å². The highest BCUT2D eigenvalue weighted by molar-refractivity contribution is 7.88. The Kier molecular flexibility index (Phi) is 6.17. The Morgan fingerprint density at radius 1 is 1.29 bits per heavy atom. The molecule has 3 rings (SSSR count). The van der Waals surface area contributed by atoms with Crippen LogP contribution in [-0.2, 0) is 30.2 Å². The summed E-state index contributed by atoms with van der Waals surface area (Å²) in [5.41, 5.74) is 1.73. The number of hydrogen-bond donors (Lipinski definition) is 3. The minimum atomic E-state index is -3.21. The zero-order chi connectivity index (χ0) is 20.1. The smallest absolute Gasteiger partial charge is 0.229 e. The van der Waals surface area contributed by atoms with Gasteiger partial charge in [-0.1, -0.05) is 11.6 Å². The number of nitrogens with one attached hydrogen (secondary N) is 3. The van der Waals surface area contributed by atoms with Crippen molar-refractivity contribution in [3.05, 3.63) is 47.6 Å². The molecule has 0 aliphatic rings. The summed E-state index contributed by atoms with van der Waals surface area (Å²) in [6.07, 6.45) is 8.02. The van der Waals surface area contributed by atoms with E-state index < -0.39 is 10.0 Å². The highest BCUT2D eigenvalue weighted by Gasteiger charge is 2.09. The monoisotopic (exact) mass is 424 g/mol. The van der Waals surface area contributed by atoms with Crippen molar-refractivity contribution >= 4 is 39.1 Å². The molecule has 0 saturated heterocycles. The minimum absolute atomic E-state index is 0.313. The van der Waals surface area contributed by atoms with E-state index in [1.807, 2.05) is 36.1 Å². The third-order valence-electron chi connectivity index (χ3n) is 3.78. The third kappa shape index (κ3) is 5.68. The molecule has 0 unspecified atom stereocenters. The highest BCUT2D eigenvalue weighted by Crippen LogP contribution is 2.22. The summed E-state index contributed by atoms with van der Waals surface area (Å²) >= 11 is 6.20. The average molecular weight is 425 g/mol. The molecule has 0 atom stereocenters. The van der Waals surface area contributed by atoms with Gasteiger partial charge in [0, 0.05) is 38.2 Å². The molecule has 10 nitrogen and oxygen atoms in total. The summed E-state index contributed by atoms with van der Waals surface area (Å²) in [6.45, 7) is 1.30. The van der Waals surface area contributed by atoms with Crippen LogP contribution in [0.15, 0.2) is 36.9 Å². The topological polar surface area (TPSA) is 119 Å². The number of hydrogen-bond acceptors (Lipinski definition) is 7. The van der Waals surface area contributed by atoms with Crippen LogP contribution in [0.1, 0.15) is 5.69 Å². The van der Waals surface area contributed by atoms with E-state index in [1.165, 1.54) is 6.20 Å². The molecule has 3 heterocycles. The first-order valence-corrected chi connectivity index (χ1v) is 10.7. The Hall–Kier alpha value is -2.63. The summed E-state index contributed by atoms with van der Waals surface area (Å²) < 4.78 is 28.5. The molecule has 0 saturated carbocycles. The zero-order valence-corrected chi connectivity index (χ0v) is 17.0. The molecule has 3 N–H and O–H groups in total. The van der Waals surface area contributed by atoms with E-state index in [9.17, 15) is 8.42 Å². The van der Waals surface area contributed by atoms with Crippen molar-refractivity contribution in [2.45, 2.75) is 13.1 Å². The maximum absolute atomic E-state index is 11.2. The van der Waals surface area contributed by atoms with E-state index in [4.69, 9.17) is 11.6 Å². The Morgan fingerprint density at radius 2 is 2.11 bits per heavy atom. The molecule has 3 aromatic rings. The van der Waals surface area contributed by atoms with Crippen molar-refractivity contribution in [3.8, 4) is 0 Å². The lowest BCUT2D eigenvalue weighted by Gasteiger charge is -2.12. The van der Waals surface area contributed by atoms with Crippen LogP contribution < -0.4 is 15.4 Å². The molecular weight excluding hydrogens is 404 g/mol. The molecule has 0 aliphatic carbocycles. The standard InChI is InChI=1S/C16H21ClN8O2S/c1-24-11-12(8-20-24)22-16-19-10-14(17)15(23-16)18-9-13-4-3-6-25(13)7-5-21-28(2,26)27/h3-4,6,8,10-11,21H,5,7,9H2,1-2H3,(H2,18,19,22,23). The molecule has 12 heteroatoms. The second-order valence-corrected chi connectivity index (χ2v) is 8.37. The minimum Gasteiger partial charge on any atom is -0.363 e. The summed E-state index contributed by atoms with van der Waals surface area (Å²) in [5, 5.41) is 10.7. The lowest BCUT2D eigenvalue weighted by atomic mass is 10.4. The van der Waals surface area contributed by atoms with E-state index in [-0.39, 0.29) is 0 Å². The number of aryl methyl sites for hydroxylation is 1. The van der Waals surface area contributed by atoms with E-state index >= 15 is 0 Å². The fourth-order valence-corrected chi connectivity index (χ4v) is 3.14. The number of aromatic nitrogens is 5. The largest absolute Gasteiger partial charge is 0.363 e. The molecular formula is C16H21ClN8O2S. The van der Waals surface area contributed by atoms with Crippen molar-refractivity contribution < 1.29 is 8.42 Å². The molecule has 0 amide bonds. The van der Waals surface area contributed by atoms with Crippen molar-refractivity contribution in [3.63, 3.8) is 0 Å². The van der Waals surface area contributed by atoms with Gasteiger partial charge >= 0.3 is 0 Å². The molecule has 150 valence electrons. The van der Waals surface area contributed by atoms with Gasteiger partial charge in [-0.3, -0.25) is 4.68 Å². The van der Waals surface area contributed by atoms with Crippen molar-refractivity contribution in [1.82, 2.24) is 29.0 Å². The Morgan fingerprint density at radius 3 is 2.82 bits per heavy atom. The first-order valence-electron chi connectivity index (χ1n) is 8.41. The molecule has 0 spiro atoms. The van der Waals surface area contributed by atoms with Gasteiger partial charge < -0.3 is 15.2 Å². The van der Waals surface area contributed by atoms with Gasteiger partial charge in [0.05, 0.1) is 30.9 Å². The first kappa shape index (κ1) is 20.1. The second-order valence-electron chi connectivity index (χ2n) is 6.13. The van der Waals surface area contributed by atoms with E-state index in [0.717, 1.165) is 17.6 Å². The van der Waals surface area contributed by atoms with Crippen molar-refractivity contribution in [2.24, 2.45) is 7.05 Å². The fourth-order valence-electron chi connectivity index (χ4n) is 2.52. The van der Waals surface area contributed by atoms with Gasteiger partial charge in [-0.15, -0.1) is 0 Å². The van der Waals surface area contributed by atoms with Crippen LogP contribution in [0.4, 0.5) is 17.5 Å². The molecule has 0 fully saturated rings. The Balaban J connectivity index is 1.63. The molecule has 3 aromatic heterocycles. The highest BCUT2D eigenvalue weighted by atomic mass is 35.5. The van der Waals surface area contributed by atoms with Gasteiger partial charge in [-0.25, -0.2) is 18.1 Å². The van der Waals surface area contributed by atoms with Gasteiger partial charge in [-0.05, 0) is 12.1 Å². The van der Waals surface area contributed by atoms with Crippen LogP contribution in [0, 0.1) is 0 Å². The van der Waals surface area contributed by atoms with Gasteiger partial charge in [0.1, 0.15) is 5.02 Å². The maximum atomic E-state index is 11.2. The maximum Gasteiger partial charge on any atom is 0.229 e. The van der Waals surface area contributed by atoms with Gasteiger partial charge in [0.2, 0.25) is 16.0 Å². The predicted molar refractivity (Wildman–Crippen MR) is 108 cm³/mol. The normalized spacial score (nSPS) is 11.5. The lowest BCUT2D eigenvalue weighted by Crippen LogP contribution is -2.26. The molecule has 28 heavy (non-hydrogen) atoms. The van der Waals surface area contributed by atoms with Gasteiger partial charge in [-0.2, -0.15) is 10.1 Å². The summed E-state index contributed by atoms with van der Waals surface area (Å²) in [6, 6.07) is 3.84. The van der Waals surface area contributed by atoms with Gasteiger partial charge in [0.15, 0.2) is 5.82 Å². The van der Waals surface area contributed by atoms with E-state index in [1.54, 1.807) is 10.9 Å². The second kappa shape index (κ2) is 8.59. The quantitative estimate of drug-likeness (QED) is 0.477. The van der Waals surface area contributed by atoms with Gasteiger partial charge in [0.25, 0.3) is 0 Å². The third-order valence-corrected chi connectivity index (χ3v) is 4.79. The summed E-state index contributed by atoms with van der Waals surface area (Å²) in [7, 11) is -1.39. The first-order chi connectivity index (χ1) is 13.3. The van der Waals surface area contributed by atoms with Crippen LogP contribution in [0.5, 0.6) is 0 Å². The summed E-state index contributed by atoms with van der Waals surface area (Å²) in [5.74, 6) is 0.887. The number of nitrogens with zero attached hydrogens (tertiary/aromatic N) is 5. The number of rotatable bonds is 9. The number of halogens is 1. The van der Waals surface area contributed by atoms with E-state index in [0.29, 0.717) is 36.4 Å². The fraction of sp³-hybridized carbons (Fsp3) is 0.312. The molecule has 0 aliphatic heterocycles. The zero-order valence-electron chi connectivity index (χ0n) is 15.4. The van der Waals surface area contributed by atoms with Crippen LogP contribution in [0.3, 0.4) is 0 Å². The van der Waals surface area contributed by atoms with Crippen LogP contribution in [0.2, 0.25) is 5.02 Å². The predicted octanol–water partition coefficient (Wildman–Crippen LogP) is 1.57. The van der Waals surface area contributed by atoms with Crippen molar-refractivity contribution in [1.29, 1.82) is 0 Å².